The van der Waals surface area contributed by atoms with Crippen LogP contribution < -0.4 is 4.74 Å². The molecule has 2 rings (SSSR count). The fourth-order valence-electron chi connectivity index (χ4n) is 1.49. The fourth-order valence-corrected chi connectivity index (χ4v) is 1.49. The van der Waals surface area contributed by atoms with Crippen molar-refractivity contribution in [2.24, 2.45) is 0 Å². The summed E-state index contributed by atoms with van der Waals surface area (Å²) in [5.74, 6) is -0.502. The van der Waals surface area contributed by atoms with Crippen molar-refractivity contribution in [3.8, 4) is 5.75 Å². The zero-order valence-electron chi connectivity index (χ0n) is 9.32. The average Bonchev–Trinajstić information content (AvgIpc) is 3.03. The molecule has 1 aromatic rings. The molecule has 1 aromatic carbocycles. The first-order valence-corrected chi connectivity index (χ1v) is 5.17. The van der Waals surface area contributed by atoms with Crippen LogP contribution in [0.25, 0.3) is 0 Å². The highest BCUT2D eigenvalue weighted by atomic mass is 16.6. The number of hydrogen-bond acceptors (Lipinski definition) is 3. The standard InChI is InChI=1S/C12H14O4/c1-7-3-4-10(12(13)14)11(8(7)2)16-6-9-5-15-9/h3-4,9H,5-6H2,1-2H3,(H,13,14)/t9-/m0/s1. The molecule has 0 aromatic heterocycles. The number of carboxylic acids is 1. The van der Waals surface area contributed by atoms with Gasteiger partial charge in [0.1, 0.15) is 24.0 Å². The molecule has 16 heavy (non-hydrogen) atoms. The molecule has 1 saturated heterocycles. The lowest BCUT2D eigenvalue weighted by atomic mass is 10.0. The number of epoxide rings is 1. The minimum absolute atomic E-state index is 0.126. The Labute approximate surface area is 93.8 Å². The van der Waals surface area contributed by atoms with E-state index in [2.05, 4.69) is 0 Å². The zero-order valence-corrected chi connectivity index (χ0v) is 9.32. The summed E-state index contributed by atoms with van der Waals surface area (Å²) in [5, 5.41) is 9.05. The van der Waals surface area contributed by atoms with Gasteiger partial charge >= 0.3 is 5.97 Å². The maximum Gasteiger partial charge on any atom is 0.339 e. The summed E-state index contributed by atoms with van der Waals surface area (Å²) in [6.45, 7) is 4.92. The maximum absolute atomic E-state index is 11.0. The molecule has 0 radical (unpaired) electrons. The summed E-state index contributed by atoms with van der Waals surface area (Å²) in [5.41, 5.74) is 2.11. The van der Waals surface area contributed by atoms with Crippen molar-refractivity contribution in [2.75, 3.05) is 13.2 Å². The van der Waals surface area contributed by atoms with Gasteiger partial charge in [0, 0.05) is 0 Å². The lowest BCUT2D eigenvalue weighted by molar-refractivity contribution is 0.0691. The Kier molecular flexibility index (Phi) is 2.83. The smallest absolute Gasteiger partial charge is 0.339 e. The van der Waals surface area contributed by atoms with Crippen LogP contribution in [0.1, 0.15) is 21.5 Å². The largest absolute Gasteiger partial charge is 0.490 e. The van der Waals surface area contributed by atoms with Crippen LogP contribution >= 0.6 is 0 Å². The molecule has 1 atom stereocenters. The molecular weight excluding hydrogens is 208 g/mol. The molecule has 1 aliphatic rings. The molecule has 86 valence electrons. The lowest BCUT2D eigenvalue weighted by Crippen LogP contribution is -2.10. The molecule has 0 spiro atoms. The highest BCUT2D eigenvalue weighted by Gasteiger charge is 2.25. The van der Waals surface area contributed by atoms with E-state index in [-0.39, 0.29) is 11.7 Å². The van der Waals surface area contributed by atoms with E-state index in [9.17, 15) is 4.79 Å². The first-order chi connectivity index (χ1) is 7.59. The van der Waals surface area contributed by atoms with Crippen molar-refractivity contribution in [1.82, 2.24) is 0 Å². The third-order valence-electron chi connectivity index (χ3n) is 2.72. The van der Waals surface area contributed by atoms with E-state index in [1.165, 1.54) is 0 Å². The first kappa shape index (κ1) is 11.0. The van der Waals surface area contributed by atoms with E-state index in [1.54, 1.807) is 12.1 Å². The summed E-state index contributed by atoms with van der Waals surface area (Å²) in [4.78, 5) is 11.0. The van der Waals surface area contributed by atoms with Gasteiger partial charge in [-0.1, -0.05) is 6.07 Å². The monoisotopic (exact) mass is 222 g/mol. The Bertz CT molecular complexity index is 421. The third kappa shape index (κ3) is 2.17. The minimum atomic E-state index is -0.963. The van der Waals surface area contributed by atoms with Gasteiger partial charge in [0.25, 0.3) is 0 Å². The summed E-state index contributed by atoms with van der Waals surface area (Å²) in [7, 11) is 0. The highest BCUT2D eigenvalue weighted by Crippen LogP contribution is 2.27. The normalized spacial score (nSPS) is 18.2. The molecule has 0 amide bonds. The van der Waals surface area contributed by atoms with Gasteiger partial charge in [-0.15, -0.1) is 0 Å². The molecule has 1 fully saturated rings. The van der Waals surface area contributed by atoms with E-state index in [0.29, 0.717) is 19.0 Å². The van der Waals surface area contributed by atoms with E-state index in [0.717, 1.165) is 11.1 Å². The van der Waals surface area contributed by atoms with Gasteiger partial charge in [0.15, 0.2) is 0 Å². The average molecular weight is 222 g/mol. The van der Waals surface area contributed by atoms with Crippen LogP contribution in [-0.4, -0.2) is 30.4 Å². The summed E-state index contributed by atoms with van der Waals surface area (Å²) < 4.78 is 10.6. The number of ether oxygens (including phenoxy) is 2. The number of carbonyl (C=O) groups is 1. The summed E-state index contributed by atoms with van der Waals surface area (Å²) in [6, 6.07) is 3.37. The van der Waals surface area contributed by atoms with Crippen LogP contribution in [0.2, 0.25) is 0 Å². The van der Waals surface area contributed by atoms with Crippen LogP contribution in [-0.2, 0) is 4.74 Å². The number of aryl methyl sites for hydroxylation is 1. The van der Waals surface area contributed by atoms with Crippen LogP contribution in [0.15, 0.2) is 12.1 Å². The zero-order chi connectivity index (χ0) is 11.7. The molecule has 1 N–H and O–H groups in total. The van der Waals surface area contributed by atoms with Gasteiger partial charge in [-0.3, -0.25) is 0 Å². The number of rotatable bonds is 4. The van der Waals surface area contributed by atoms with Crippen LogP contribution in [0.3, 0.4) is 0 Å². The van der Waals surface area contributed by atoms with E-state index >= 15 is 0 Å². The molecule has 1 heterocycles. The molecular formula is C12H14O4. The minimum Gasteiger partial charge on any atom is -0.490 e. The van der Waals surface area contributed by atoms with Crippen molar-refractivity contribution in [3.63, 3.8) is 0 Å². The second-order valence-corrected chi connectivity index (χ2v) is 3.96. The van der Waals surface area contributed by atoms with Crippen LogP contribution in [0.4, 0.5) is 0 Å². The van der Waals surface area contributed by atoms with Gasteiger partial charge in [0.2, 0.25) is 0 Å². The molecule has 0 aliphatic carbocycles. The first-order valence-electron chi connectivity index (χ1n) is 5.17. The number of benzene rings is 1. The number of aromatic carboxylic acids is 1. The predicted molar refractivity (Wildman–Crippen MR) is 58.1 cm³/mol. The van der Waals surface area contributed by atoms with Crippen molar-refractivity contribution >= 4 is 5.97 Å². The number of carboxylic acid groups (broad SMARTS) is 1. The van der Waals surface area contributed by atoms with Gasteiger partial charge in [-0.05, 0) is 31.0 Å². The van der Waals surface area contributed by atoms with Gasteiger partial charge in [0.05, 0.1) is 6.61 Å². The molecule has 4 heteroatoms. The molecule has 0 saturated carbocycles. The van der Waals surface area contributed by atoms with Crippen LogP contribution in [0, 0.1) is 13.8 Å². The van der Waals surface area contributed by atoms with E-state index in [1.807, 2.05) is 13.8 Å². The Morgan fingerprint density at radius 2 is 2.25 bits per heavy atom. The topological polar surface area (TPSA) is 59.1 Å². The van der Waals surface area contributed by atoms with Crippen LogP contribution in [0.5, 0.6) is 5.75 Å². The highest BCUT2D eigenvalue weighted by molar-refractivity contribution is 5.91. The predicted octanol–water partition coefficient (Wildman–Crippen LogP) is 1.78. The van der Waals surface area contributed by atoms with Crippen molar-refractivity contribution in [1.29, 1.82) is 0 Å². The molecule has 0 bridgehead atoms. The summed E-state index contributed by atoms with van der Waals surface area (Å²) >= 11 is 0. The molecule has 0 unspecified atom stereocenters. The maximum atomic E-state index is 11.0. The van der Waals surface area contributed by atoms with Gasteiger partial charge in [-0.2, -0.15) is 0 Å². The summed E-state index contributed by atoms with van der Waals surface area (Å²) in [6.07, 6.45) is 0.126. The van der Waals surface area contributed by atoms with Crippen molar-refractivity contribution < 1.29 is 19.4 Å². The second-order valence-electron chi connectivity index (χ2n) is 3.96. The van der Waals surface area contributed by atoms with E-state index < -0.39 is 5.97 Å². The Morgan fingerprint density at radius 1 is 1.56 bits per heavy atom. The third-order valence-corrected chi connectivity index (χ3v) is 2.72. The quantitative estimate of drug-likeness (QED) is 0.789. The molecule has 4 nitrogen and oxygen atoms in total. The molecule has 1 aliphatic heterocycles. The number of hydrogen-bond donors (Lipinski definition) is 1. The lowest BCUT2D eigenvalue weighted by Gasteiger charge is -2.12. The van der Waals surface area contributed by atoms with Crippen molar-refractivity contribution in [2.45, 2.75) is 20.0 Å². The Morgan fingerprint density at radius 3 is 2.81 bits per heavy atom. The van der Waals surface area contributed by atoms with E-state index in [4.69, 9.17) is 14.6 Å². The van der Waals surface area contributed by atoms with Gasteiger partial charge < -0.3 is 14.6 Å². The van der Waals surface area contributed by atoms with Gasteiger partial charge in [-0.25, -0.2) is 4.79 Å². The SMILES string of the molecule is Cc1ccc(C(=O)O)c(OC[C@@H]2CO2)c1C. The Balaban J connectivity index is 2.28. The second kappa shape index (κ2) is 4.14. The Hall–Kier alpha value is -1.55. The fraction of sp³-hybridized carbons (Fsp3) is 0.417. The van der Waals surface area contributed by atoms with Crippen molar-refractivity contribution in [3.05, 3.63) is 28.8 Å².